The van der Waals surface area contributed by atoms with E-state index in [1.54, 1.807) is 5.38 Å². The third-order valence-electron chi connectivity index (χ3n) is 4.86. The van der Waals surface area contributed by atoms with Crippen LogP contribution in [0.25, 0.3) is 0 Å². The fourth-order valence-electron chi connectivity index (χ4n) is 3.25. The molecule has 0 aliphatic heterocycles. The number of nitrogens with zero attached hydrogens (tertiary/aromatic N) is 2. The molecule has 2 aliphatic rings. The number of methoxy groups -OCH3 is 1. The Kier molecular flexibility index (Phi) is 4.29. The van der Waals surface area contributed by atoms with Gasteiger partial charge in [-0.05, 0) is 30.7 Å². The predicted octanol–water partition coefficient (Wildman–Crippen LogP) is 3.22. The van der Waals surface area contributed by atoms with Crippen LogP contribution in [0.3, 0.4) is 0 Å². The molecule has 1 heterocycles. The van der Waals surface area contributed by atoms with Crippen molar-refractivity contribution in [2.45, 2.75) is 37.8 Å². The van der Waals surface area contributed by atoms with Gasteiger partial charge in [0.1, 0.15) is 5.01 Å². The minimum atomic E-state index is -0.432. The molecule has 0 N–H and O–H groups in total. The van der Waals surface area contributed by atoms with Crippen LogP contribution in [0.4, 0.5) is 0 Å². The van der Waals surface area contributed by atoms with Crippen molar-refractivity contribution in [3.8, 4) is 0 Å². The second-order valence-corrected chi connectivity index (χ2v) is 7.62. The van der Waals surface area contributed by atoms with Crippen molar-refractivity contribution in [3.05, 3.63) is 52.0 Å². The van der Waals surface area contributed by atoms with Gasteiger partial charge in [0, 0.05) is 17.3 Å². The molecular weight excluding hydrogens is 336 g/mol. The third kappa shape index (κ3) is 3.44. The summed E-state index contributed by atoms with van der Waals surface area (Å²) in [6.07, 6.45) is 3.05. The molecule has 2 aliphatic carbocycles. The largest absolute Gasteiger partial charge is 0.464 e. The molecule has 1 amide bonds. The Morgan fingerprint density at radius 1 is 1.28 bits per heavy atom. The Bertz CT molecular complexity index is 785. The zero-order chi connectivity index (χ0) is 17.4. The van der Waals surface area contributed by atoms with Crippen LogP contribution in [-0.2, 0) is 16.1 Å². The van der Waals surface area contributed by atoms with E-state index in [-0.39, 0.29) is 11.8 Å². The Morgan fingerprint density at radius 2 is 2.04 bits per heavy atom. The van der Waals surface area contributed by atoms with Crippen LogP contribution in [0.15, 0.2) is 35.7 Å². The summed E-state index contributed by atoms with van der Waals surface area (Å²) in [6, 6.07) is 10.6. The fourth-order valence-corrected chi connectivity index (χ4v) is 4.01. The summed E-state index contributed by atoms with van der Waals surface area (Å²) in [5, 5.41) is 2.48. The normalized spacial score (nSPS) is 21.6. The number of carbonyl (C=O) groups excluding carboxylic acids is 2. The van der Waals surface area contributed by atoms with Gasteiger partial charge in [-0.2, -0.15) is 0 Å². The first-order chi connectivity index (χ1) is 12.2. The lowest BCUT2D eigenvalue weighted by Gasteiger charge is -2.21. The number of hydrogen-bond acceptors (Lipinski definition) is 5. The highest BCUT2D eigenvalue weighted by molar-refractivity contribution is 7.09. The molecule has 25 heavy (non-hydrogen) atoms. The van der Waals surface area contributed by atoms with Gasteiger partial charge >= 0.3 is 5.97 Å². The topological polar surface area (TPSA) is 59.5 Å². The van der Waals surface area contributed by atoms with Crippen molar-refractivity contribution in [1.29, 1.82) is 0 Å². The highest BCUT2D eigenvalue weighted by Gasteiger charge is 2.48. The second-order valence-electron chi connectivity index (χ2n) is 6.67. The van der Waals surface area contributed by atoms with Gasteiger partial charge in [-0.1, -0.05) is 30.3 Å². The van der Waals surface area contributed by atoms with E-state index in [1.807, 2.05) is 23.1 Å². The number of thiazole rings is 1. The maximum Gasteiger partial charge on any atom is 0.357 e. The van der Waals surface area contributed by atoms with Gasteiger partial charge in [0.25, 0.3) is 0 Å². The lowest BCUT2D eigenvalue weighted by Crippen LogP contribution is -2.34. The van der Waals surface area contributed by atoms with Gasteiger partial charge in [-0.3, -0.25) is 4.79 Å². The molecule has 2 aromatic rings. The van der Waals surface area contributed by atoms with Crippen molar-refractivity contribution in [2.75, 3.05) is 7.11 Å². The molecule has 0 radical (unpaired) electrons. The molecule has 130 valence electrons. The number of benzene rings is 1. The first kappa shape index (κ1) is 16.3. The van der Waals surface area contributed by atoms with Crippen molar-refractivity contribution in [3.63, 3.8) is 0 Å². The molecule has 0 spiro atoms. The zero-order valence-electron chi connectivity index (χ0n) is 14.1. The molecule has 0 saturated heterocycles. The Balaban J connectivity index is 1.44. The van der Waals surface area contributed by atoms with Gasteiger partial charge in [0.05, 0.1) is 13.7 Å². The van der Waals surface area contributed by atoms with Crippen molar-refractivity contribution >= 4 is 23.2 Å². The summed E-state index contributed by atoms with van der Waals surface area (Å²) in [6.45, 7) is 0.489. The SMILES string of the molecule is COC(=O)c1csc(CN(C(=O)[C@@H]2C[C@H]2c2ccccc2)C2CC2)n1. The Morgan fingerprint density at radius 3 is 2.72 bits per heavy atom. The minimum absolute atomic E-state index is 0.0861. The molecule has 6 heteroatoms. The molecule has 4 rings (SSSR count). The Labute approximate surface area is 150 Å². The molecule has 2 atom stereocenters. The van der Waals surface area contributed by atoms with E-state index in [9.17, 15) is 9.59 Å². The van der Waals surface area contributed by atoms with Crippen LogP contribution in [-0.4, -0.2) is 34.9 Å². The average molecular weight is 356 g/mol. The van der Waals surface area contributed by atoms with E-state index >= 15 is 0 Å². The number of aromatic nitrogens is 1. The van der Waals surface area contributed by atoms with Crippen LogP contribution in [0.1, 0.15) is 46.2 Å². The number of amides is 1. The van der Waals surface area contributed by atoms with E-state index in [1.165, 1.54) is 24.0 Å². The van der Waals surface area contributed by atoms with Crippen LogP contribution in [0.2, 0.25) is 0 Å². The second kappa shape index (κ2) is 6.59. The number of esters is 1. The summed E-state index contributed by atoms with van der Waals surface area (Å²) in [5.41, 5.74) is 1.57. The standard InChI is InChI=1S/C19H20N2O3S/c1-24-19(23)16-11-25-17(20-16)10-21(13-7-8-13)18(22)15-9-14(15)12-5-3-2-4-6-12/h2-6,11,13-15H,7-10H2,1H3/t14-,15+/m0/s1. The molecule has 0 unspecified atom stereocenters. The molecule has 1 aromatic heterocycles. The maximum atomic E-state index is 13.0. The maximum absolute atomic E-state index is 13.0. The summed E-state index contributed by atoms with van der Waals surface area (Å²) < 4.78 is 4.70. The number of carbonyl (C=O) groups is 2. The lowest BCUT2D eigenvalue weighted by molar-refractivity contribution is -0.133. The van der Waals surface area contributed by atoms with Crippen LogP contribution >= 0.6 is 11.3 Å². The summed E-state index contributed by atoms with van der Waals surface area (Å²) in [7, 11) is 1.35. The van der Waals surface area contributed by atoms with E-state index in [4.69, 9.17) is 4.74 Å². The highest BCUT2D eigenvalue weighted by Crippen LogP contribution is 2.49. The predicted molar refractivity (Wildman–Crippen MR) is 94.3 cm³/mol. The quantitative estimate of drug-likeness (QED) is 0.746. The first-order valence-electron chi connectivity index (χ1n) is 8.55. The van der Waals surface area contributed by atoms with E-state index in [0.29, 0.717) is 24.2 Å². The van der Waals surface area contributed by atoms with Crippen molar-refractivity contribution in [1.82, 2.24) is 9.88 Å². The van der Waals surface area contributed by atoms with Crippen LogP contribution in [0, 0.1) is 5.92 Å². The van der Waals surface area contributed by atoms with Crippen LogP contribution < -0.4 is 0 Å². The molecular formula is C19H20N2O3S. The van der Waals surface area contributed by atoms with E-state index in [2.05, 4.69) is 17.1 Å². The molecule has 2 fully saturated rings. The number of hydrogen-bond donors (Lipinski definition) is 0. The third-order valence-corrected chi connectivity index (χ3v) is 5.69. The van der Waals surface area contributed by atoms with Gasteiger partial charge in [-0.15, -0.1) is 11.3 Å². The number of ether oxygens (including phenoxy) is 1. The first-order valence-corrected chi connectivity index (χ1v) is 9.43. The van der Waals surface area contributed by atoms with Crippen molar-refractivity contribution < 1.29 is 14.3 Å². The van der Waals surface area contributed by atoms with Gasteiger partial charge in [0.2, 0.25) is 5.91 Å². The minimum Gasteiger partial charge on any atom is -0.464 e. The smallest absolute Gasteiger partial charge is 0.357 e. The molecule has 2 saturated carbocycles. The lowest BCUT2D eigenvalue weighted by atomic mass is 10.1. The molecule has 1 aromatic carbocycles. The number of rotatable bonds is 6. The molecule has 5 nitrogen and oxygen atoms in total. The van der Waals surface area contributed by atoms with Gasteiger partial charge in [-0.25, -0.2) is 9.78 Å². The van der Waals surface area contributed by atoms with E-state index in [0.717, 1.165) is 24.3 Å². The molecule has 0 bridgehead atoms. The summed E-state index contributed by atoms with van der Waals surface area (Å²) >= 11 is 1.41. The monoisotopic (exact) mass is 356 g/mol. The Hall–Kier alpha value is -2.21. The average Bonchev–Trinajstić information content (AvgIpc) is 3.57. The zero-order valence-corrected chi connectivity index (χ0v) is 14.9. The van der Waals surface area contributed by atoms with Crippen molar-refractivity contribution in [2.24, 2.45) is 5.92 Å². The van der Waals surface area contributed by atoms with Gasteiger partial charge in [0.15, 0.2) is 5.69 Å². The summed E-state index contributed by atoms with van der Waals surface area (Å²) in [5.74, 6) is 0.226. The van der Waals surface area contributed by atoms with Gasteiger partial charge < -0.3 is 9.64 Å². The van der Waals surface area contributed by atoms with E-state index < -0.39 is 5.97 Å². The highest BCUT2D eigenvalue weighted by atomic mass is 32.1. The summed E-state index contributed by atoms with van der Waals surface area (Å²) in [4.78, 5) is 30.8. The fraction of sp³-hybridized carbons (Fsp3) is 0.421. The van der Waals surface area contributed by atoms with Crippen LogP contribution in [0.5, 0.6) is 0 Å².